The summed E-state index contributed by atoms with van der Waals surface area (Å²) in [7, 11) is 0. The molecule has 6 aromatic carbocycles. The van der Waals surface area contributed by atoms with Gasteiger partial charge < -0.3 is 4.57 Å². The molecule has 10 rings (SSSR count). The number of fused-ring (bicyclic) bond motifs is 10. The maximum Gasteiger partial charge on any atom is 0.235 e. The molecule has 0 aliphatic carbocycles. The molecule has 4 aromatic heterocycles. The first kappa shape index (κ1) is 24.6. The Hall–Kier alpha value is -5.78. The van der Waals surface area contributed by atoms with Crippen LogP contribution in [0.1, 0.15) is 0 Å². The van der Waals surface area contributed by atoms with E-state index in [1.165, 1.54) is 42.0 Å². The molecule has 5 heteroatoms. The Labute approximate surface area is 262 Å². The van der Waals surface area contributed by atoms with E-state index >= 15 is 0 Å². The topological polar surface area (TPSA) is 35.6 Å². The normalized spacial score (nSPS) is 12.0. The average molecular weight is 593 g/mol. The highest BCUT2D eigenvalue weighted by Crippen LogP contribution is 2.47. The van der Waals surface area contributed by atoms with Crippen LogP contribution in [0.5, 0.6) is 0 Å². The zero-order valence-electron chi connectivity index (χ0n) is 24.1. The van der Waals surface area contributed by atoms with Gasteiger partial charge >= 0.3 is 0 Å². The van der Waals surface area contributed by atoms with Crippen LogP contribution in [0.15, 0.2) is 146 Å². The van der Waals surface area contributed by atoms with Crippen LogP contribution in [0.2, 0.25) is 0 Å². The lowest BCUT2D eigenvalue weighted by molar-refractivity contribution is 1.02. The van der Waals surface area contributed by atoms with Crippen LogP contribution in [-0.4, -0.2) is 19.1 Å². The number of hydrogen-bond acceptors (Lipinski definition) is 3. The molecule has 210 valence electrons. The van der Waals surface area contributed by atoms with Crippen LogP contribution in [0.3, 0.4) is 0 Å². The first-order valence-corrected chi connectivity index (χ1v) is 15.9. The summed E-state index contributed by atoms with van der Waals surface area (Å²) < 4.78 is 5.94. The largest absolute Gasteiger partial charge is 0.301 e. The van der Waals surface area contributed by atoms with Crippen molar-refractivity contribution >= 4 is 75.3 Å². The molecule has 0 atom stereocenters. The minimum absolute atomic E-state index is 0.681. The molecule has 0 fully saturated rings. The van der Waals surface area contributed by atoms with Gasteiger partial charge in [-0.2, -0.15) is 0 Å². The van der Waals surface area contributed by atoms with Crippen LogP contribution >= 0.6 is 11.3 Å². The minimum atomic E-state index is 0.681. The second-order valence-electron chi connectivity index (χ2n) is 11.4. The summed E-state index contributed by atoms with van der Waals surface area (Å²) in [6, 6.07) is 51.4. The minimum Gasteiger partial charge on any atom is -0.301 e. The predicted octanol–water partition coefficient (Wildman–Crippen LogP) is 10.7. The van der Waals surface area contributed by atoms with Gasteiger partial charge in [0.05, 0.1) is 32.5 Å². The maximum atomic E-state index is 5.33. The third-order valence-corrected chi connectivity index (χ3v) is 10.1. The van der Waals surface area contributed by atoms with E-state index in [4.69, 9.17) is 9.97 Å². The molecule has 0 N–H and O–H groups in total. The predicted molar refractivity (Wildman–Crippen MR) is 189 cm³/mol. The lowest BCUT2D eigenvalue weighted by Crippen LogP contribution is -2.03. The van der Waals surface area contributed by atoms with E-state index in [0.717, 1.165) is 38.9 Å². The van der Waals surface area contributed by atoms with Crippen LogP contribution in [0, 0.1) is 0 Å². The van der Waals surface area contributed by atoms with Gasteiger partial charge in [-0.1, -0.05) is 115 Å². The molecule has 0 aliphatic rings. The summed E-state index contributed by atoms with van der Waals surface area (Å²) in [6.07, 6.45) is 0. The molecule has 0 unspecified atom stereocenters. The van der Waals surface area contributed by atoms with Gasteiger partial charge in [0, 0.05) is 43.6 Å². The Bertz CT molecular complexity index is 2750. The van der Waals surface area contributed by atoms with Gasteiger partial charge in [-0.3, -0.25) is 4.57 Å². The third kappa shape index (κ3) is 3.47. The van der Waals surface area contributed by atoms with Crippen LogP contribution in [-0.2, 0) is 0 Å². The number of nitrogens with zero attached hydrogens (tertiary/aromatic N) is 4. The van der Waals surface area contributed by atoms with Crippen LogP contribution in [0.25, 0.3) is 86.8 Å². The van der Waals surface area contributed by atoms with E-state index in [1.54, 1.807) is 0 Å². The number of aromatic nitrogens is 4. The van der Waals surface area contributed by atoms with Gasteiger partial charge in [-0.15, -0.1) is 11.3 Å². The van der Waals surface area contributed by atoms with E-state index in [9.17, 15) is 0 Å². The van der Waals surface area contributed by atoms with Crippen molar-refractivity contribution in [1.29, 1.82) is 0 Å². The van der Waals surface area contributed by atoms with E-state index in [0.29, 0.717) is 5.95 Å². The lowest BCUT2D eigenvalue weighted by atomic mass is 10.1. The number of benzene rings is 6. The molecule has 0 spiro atoms. The molecule has 4 heterocycles. The Morgan fingerprint density at radius 2 is 1.09 bits per heavy atom. The maximum absolute atomic E-state index is 5.33. The number of hydrogen-bond donors (Lipinski definition) is 0. The van der Waals surface area contributed by atoms with E-state index < -0.39 is 0 Å². The summed E-state index contributed by atoms with van der Waals surface area (Å²) in [5.74, 6) is 0.681. The van der Waals surface area contributed by atoms with Gasteiger partial charge in [0.25, 0.3) is 0 Å². The SMILES string of the molecule is c1ccc(-c2nc(-n3c4ccccc4c4ccc5c(sc6c5c5ccccc5n6-c5ccccc5)c43)nc3ccccc23)cc1. The van der Waals surface area contributed by atoms with E-state index in [1.807, 2.05) is 17.4 Å². The van der Waals surface area contributed by atoms with Crippen LogP contribution < -0.4 is 0 Å². The smallest absolute Gasteiger partial charge is 0.235 e. The van der Waals surface area contributed by atoms with Gasteiger partial charge in [-0.05, 0) is 30.3 Å². The fourth-order valence-electron chi connectivity index (χ4n) is 7.02. The summed E-state index contributed by atoms with van der Waals surface area (Å²) in [6.45, 7) is 0. The fraction of sp³-hybridized carbons (Fsp3) is 0. The van der Waals surface area contributed by atoms with Gasteiger partial charge in [0.15, 0.2) is 0 Å². The molecule has 45 heavy (non-hydrogen) atoms. The van der Waals surface area contributed by atoms with Gasteiger partial charge in [0.1, 0.15) is 4.83 Å². The number of thiophene rings is 1. The molecule has 0 amide bonds. The number of rotatable bonds is 3. The molecular formula is C40H24N4S. The molecule has 0 radical (unpaired) electrons. The summed E-state index contributed by atoms with van der Waals surface area (Å²) in [5, 5.41) is 7.25. The monoisotopic (exact) mass is 592 g/mol. The third-order valence-electron chi connectivity index (χ3n) is 8.94. The van der Waals surface area contributed by atoms with Crippen molar-refractivity contribution in [3.63, 3.8) is 0 Å². The summed E-state index contributed by atoms with van der Waals surface area (Å²) in [4.78, 5) is 11.8. The van der Waals surface area contributed by atoms with Gasteiger partial charge in [0.2, 0.25) is 5.95 Å². The summed E-state index contributed by atoms with van der Waals surface area (Å²) >= 11 is 1.85. The van der Waals surface area contributed by atoms with Crippen LogP contribution in [0.4, 0.5) is 0 Å². The van der Waals surface area contributed by atoms with Crippen molar-refractivity contribution in [1.82, 2.24) is 19.1 Å². The molecular weight excluding hydrogens is 569 g/mol. The first-order valence-electron chi connectivity index (χ1n) is 15.1. The zero-order valence-corrected chi connectivity index (χ0v) is 24.9. The van der Waals surface area contributed by atoms with E-state index in [-0.39, 0.29) is 0 Å². The summed E-state index contributed by atoms with van der Waals surface area (Å²) in [5.41, 5.74) is 7.57. The Kier molecular flexibility index (Phi) is 5.12. The van der Waals surface area contributed by atoms with Crippen molar-refractivity contribution in [2.45, 2.75) is 0 Å². The molecule has 0 saturated heterocycles. The Balaban J connectivity index is 1.38. The molecule has 10 aromatic rings. The number of para-hydroxylation sites is 4. The van der Waals surface area contributed by atoms with Crippen molar-refractivity contribution in [3.8, 4) is 22.9 Å². The molecule has 0 aliphatic heterocycles. The second kappa shape index (κ2) is 9.36. The average Bonchev–Trinajstić information content (AvgIpc) is 3.75. The fourth-order valence-corrected chi connectivity index (χ4v) is 8.41. The van der Waals surface area contributed by atoms with Crippen molar-refractivity contribution in [3.05, 3.63) is 146 Å². The molecule has 0 saturated carbocycles. The van der Waals surface area contributed by atoms with Crippen molar-refractivity contribution < 1.29 is 0 Å². The quantitative estimate of drug-likeness (QED) is 0.205. The molecule has 4 nitrogen and oxygen atoms in total. The Morgan fingerprint density at radius 1 is 0.467 bits per heavy atom. The first-order chi connectivity index (χ1) is 22.3. The van der Waals surface area contributed by atoms with E-state index in [2.05, 4.69) is 149 Å². The highest BCUT2D eigenvalue weighted by Gasteiger charge is 2.23. The van der Waals surface area contributed by atoms with Gasteiger partial charge in [-0.25, -0.2) is 9.97 Å². The Morgan fingerprint density at radius 3 is 1.89 bits per heavy atom. The second-order valence-corrected chi connectivity index (χ2v) is 12.4. The highest BCUT2D eigenvalue weighted by molar-refractivity contribution is 7.26. The molecule has 0 bridgehead atoms. The van der Waals surface area contributed by atoms with Crippen molar-refractivity contribution in [2.75, 3.05) is 0 Å². The lowest BCUT2D eigenvalue weighted by Gasteiger charge is -2.12. The standard InChI is InChI=1S/C40H24N4S/c1-3-13-25(14-4-1)36-29-18-7-10-20-32(29)41-40(42-36)44-33-21-11-8-17-27(33)28-23-24-31-35-30-19-9-12-22-34(30)43(26-15-5-2-6-16-26)39(35)45-38(31)37(28)44/h1-24H. The zero-order chi connectivity index (χ0) is 29.5. The highest BCUT2D eigenvalue weighted by atomic mass is 32.1. The van der Waals surface area contributed by atoms with Crippen molar-refractivity contribution in [2.24, 2.45) is 0 Å².